The van der Waals surface area contributed by atoms with Crippen molar-refractivity contribution in [1.29, 1.82) is 0 Å². The van der Waals surface area contributed by atoms with E-state index in [1.54, 1.807) is 5.32 Å². The molecule has 0 spiro atoms. The fourth-order valence-corrected chi connectivity index (χ4v) is 1.77. The number of ether oxygens (including phenoxy) is 1. The zero-order valence-electron chi connectivity index (χ0n) is 11.5. The second-order valence-electron chi connectivity index (χ2n) is 4.64. The van der Waals surface area contributed by atoms with Gasteiger partial charge in [-0.15, -0.1) is 0 Å². The van der Waals surface area contributed by atoms with Crippen molar-refractivity contribution in [3.63, 3.8) is 0 Å². The first-order valence-corrected chi connectivity index (χ1v) is 6.26. The number of para-hydroxylation sites is 1. The maximum Gasteiger partial charge on any atom is 0.413 e. The molecule has 2 atom stereocenters. The molecule has 0 saturated carbocycles. The van der Waals surface area contributed by atoms with E-state index < -0.39 is 42.1 Å². The normalized spacial score (nSPS) is 14.5. The predicted molar refractivity (Wildman–Crippen MR) is 68.3 cm³/mol. The number of carbonyl (C=O) groups excluding carboxylic acids is 1. The Balaban J connectivity index is 3.10. The summed E-state index contributed by atoms with van der Waals surface area (Å²) in [4.78, 5) is 11.5. The van der Waals surface area contributed by atoms with E-state index in [-0.39, 0.29) is 6.42 Å². The minimum Gasteiger partial charge on any atom is -0.434 e. The van der Waals surface area contributed by atoms with Gasteiger partial charge in [0.25, 0.3) is 0 Å². The molecule has 9 heteroatoms. The topological polar surface area (TPSA) is 64.4 Å². The Kier molecular flexibility index (Phi) is 6.10. The molecule has 0 fully saturated rings. The van der Waals surface area contributed by atoms with Gasteiger partial charge in [0.2, 0.25) is 5.91 Å². The lowest BCUT2D eigenvalue weighted by Gasteiger charge is -2.24. The van der Waals surface area contributed by atoms with E-state index in [1.165, 1.54) is 19.1 Å². The lowest BCUT2D eigenvalue weighted by atomic mass is 10.0. The molecule has 0 saturated heterocycles. The molecular formula is C13H15F5N2O2. The molecule has 0 aromatic heterocycles. The molecule has 1 aromatic rings. The van der Waals surface area contributed by atoms with Crippen LogP contribution in [0.15, 0.2) is 24.3 Å². The van der Waals surface area contributed by atoms with Crippen LogP contribution in [0.1, 0.15) is 24.9 Å². The first kappa shape index (κ1) is 18.1. The summed E-state index contributed by atoms with van der Waals surface area (Å²) in [5.74, 6) is -1.59. The molecule has 0 aliphatic heterocycles. The first-order chi connectivity index (χ1) is 10.1. The largest absolute Gasteiger partial charge is 0.434 e. The summed E-state index contributed by atoms with van der Waals surface area (Å²) >= 11 is 0. The number of amides is 1. The first-order valence-electron chi connectivity index (χ1n) is 6.26. The second-order valence-corrected chi connectivity index (χ2v) is 4.64. The summed E-state index contributed by atoms with van der Waals surface area (Å²) in [6.07, 6.45) is -5.21. The van der Waals surface area contributed by atoms with Crippen molar-refractivity contribution in [3.05, 3.63) is 29.8 Å². The number of carbonyl (C=O) groups is 1. The van der Waals surface area contributed by atoms with Gasteiger partial charge in [-0.05, 0) is 13.0 Å². The summed E-state index contributed by atoms with van der Waals surface area (Å²) in [6.45, 7) is -1.83. The van der Waals surface area contributed by atoms with E-state index in [9.17, 15) is 26.7 Å². The fourth-order valence-electron chi connectivity index (χ4n) is 1.77. The maximum absolute atomic E-state index is 13.1. The Morgan fingerprint density at radius 3 is 2.41 bits per heavy atom. The molecule has 0 aliphatic rings. The van der Waals surface area contributed by atoms with Crippen LogP contribution in [0, 0.1) is 0 Å². The zero-order valence-corrected chi connectivity index (χ0v) is 11.5. The highest BCUT2D eigenvalue weighted by atomic mass is 19.4. The second kappa shape index (κ2) is 7.39. The molecule has 0 heterocycles. The van der Waals surface area contributed by atoms with Crippen LogP contribution in [-0.4, -0.2) is 24.7 Å². The Morgan fingerprint density at radius 2 is 1.91 bits per heavy atom. The number of hydrogen-bond acceptors (Lipinski definition) is 3. The Labute approximate surface area is 123 Å². The van der Waals surface area contributed by atoms with E-state index in [1.807, 2.05) is 0 Å². The minimum atomic E-state index is -4.88. The van der Waals surface area contributed by atoms with Crippen LogP contribution >= 0.6 is 0 Å². The van der Waals surface area contributed by atoms with Gasteiger partial charge in [-0.25, -0.2) is 0 Å². The summed E-state index contributed by atoms with van der Waals surface area (Å²) < 4.78 is 68.0. The Morgan fingerprint density at radius 1 is 1.32 bits per heavy atom. The summed E-state index contributed by atoms with van der Waals surface area (Å²) in [5.41, 5.74) is 4.74. The Hall–Kier alpha value is -1.90. The molecule has 0 radical (unpaired) electrons. The van der Waals surface area contributed by atoms with Crippen molar-refractivity contribution >= 4 is 5.91 Å². The van der Waals surface area contributed by atoms with Crippen LogP contribution in [-0.2, 0) is 4.79 Å². The third-order valence-electron chi connectivity index (χ3n) is 2.59. The van der Waals surface area contributed by atoms with Crippen molar-refractivity contribution in [2.45, 2.75) is 38.2 Å². The zero-order chi connectivity index (χ0) is 16.9. The van der Waals surface area contributed by atoms with Crippen LogP contribution in [0.2, 0.25) is 0 Å². The number of alkyl halides is 5. The summed E-state index contributed by atoms with van der Waals surface area (Å²) in [5, 5.41) is 1.75. The van der Waals surface area contributed by atoms with E-state index in [0.29, 0.717) is 0 Å². The quantitative estimate of drug-likeness (QED) is 0.790. The SMILES string of the molecule is CC(N)CC(=O)NC(c1ccccc1OC(F)F)C(F)(F)F. The van der Waals surface area contributed by atoms with Crippen LogP contribution in [0.3, 0.4) is 0 Å². The number of rotatable bonds is 6. The molecule has 1 aromatic carbocycles. The van der Waals surface area contributed by atoms with Gasteiger partial charge in [-0.3, -0.25) is 4.79 Å². The smallest absolute Gasteiger partial charge is 0.413 e. The third kappa shape index (κ3) is 5.47. The average molecular weight is 326 g/mol. The monoisotopic (exact) mass is 326 g/mol. The lowest BCUT2D eigenvalue weighted by Crippen LogP contribution is -2.40. The average Bonchev–Trinajstić information content (AvgIpc) is 2.34. The maximum atomic E-state index is 13.1. The molecule has 0 aliphatic carbocycles. The molecule has 2 unspecified atom stereocenters. The molecule has 1 rings (SSSR count). The minimum absolute atomic E-state index is 0.329. The highest BCUT2D eigenvalue weighted by Gasteiger charge is 2.43. The predicted octanol–water partition coefficient (Wildman–Crippen LogP) is 2.74. The van der Waals surface area contributed by atoms with Crippen molar-refractivity contribution in [3.8, 4) is 5.75 Å². The summed E-state index contributed by atoms with van der Waals surface area (Å²) in [7, 11) is 0. The van der Waals surface area contributed by atoms with E-state index >= 15 is 0 Å². The van der Waals surface area contributed by atoms with Crippen molar-refractivity contribution in [2.24, 2.45) is 5.73 Å². The van der Waals surface area contributed by atoms with Crippen molar-refractivity contribution in [2.75, 3.05) is 0 Å². The van der Waals surface area contributed by atoms with Gasteiger partial charge >= 0.3 is 12.8 Å². The van der Waals surface area contributed by atoms with Crippen LogP contribution < -0.4 is 15.8 Å². The van der Waals surface area contributed by atoms with Gasteiger partial charge < -0.3 is 15.8 Å². The van der Waals surface area contributed by atoms with Crippen LogP contribution in [0.4, 0.5) is 22.0 Å². The van der Waals surface area contributed by atoms with Crippen molar-refractivity contribution in [1.82, 2.24) is 5.32 Å². The number of nitrogens with one attached hydrogen (secondary N) is 1. The third-order valence-corrected chi connectivity index (χ3v) is 2.59. The molecule has 124 valence electrons. The van der Waals surface area contributed by atoms with Gasteiger partial charge in [0.1, 0.15) is 5.75 Å². The van der Waals surface area contributed by atoms with Gasteiger partial charge in [-0.2, -0.15) is 22.0 Å². The molecule has 3 N–H and O–H groups in total. The molecule has 22 heavy (non-hydrogen) atoms. The Bertz CT molecular complexity index is 505. The van der Waals surface area contributed by atoms with Crippen molar-refractivity contribution < 1.29 is 31.5 Å². The highest BCUT2D eigenvalue weighted by molar-refractivity contribution is 5.77. The van der Waals surface area contributed by atoms with Gasteiger partial charge in [0.15, 0.2) is 6.04 Å². The lowest BCUT2D eigenvalue weighted by molar-refractivity contribution is -0.164. The van der Waals surface area contributed by atoms with Gasteiger partial charge in [0.05, 0.1) is 0 Å². The van der Waals surface area contributed by atoms with Gasteiger partial charge in [-0.1, -0.05) is 18.2 Å². The van der Waals surface area contributed by atoms with Crippen LogP contribution in [0.5, 0.6) is 5.75 Å². The van der Waals surface area contributed by atoms with Crippen LogP contribution in [0.25, 0.3) is 0 Å². The van der Waals surface area contributed by atoms with Gasteiger partial charge in [0, 0.05) is 18.0 Å². The summed E-state index contributed by atoms with van der Waals surface area (Å²) in [6, 6.07) is 1.30. The number of hydrogen-bond donors (Lipinski definition) is 2. The number of nitrogens with two attached hydrogens (primary N) is 1. The molecular weight excluding hydrogens is 311 g/mol. The molecule has 0 bridgehead atoms. The number of benzene rings is 1. The highest BCUT2D eigenvalue weighted by Crippen LogP contribution is 2.37. The number of halogens is 5. The van der Waals surface area contributed by atoms with E-state index in [4.69, 9.17) is 5.73 Å². The molecule has 1 amide bonds. The van der Waals surface area contributed by atoms with E-state index in [0.717, 1.165) is 12.1 Å². The molecule has 4 nitrogen and oxygen atoms in total. The fraction of sp³-hybridized carbons (Fsp3) is 0.462. The standard InChI is InChI=1S/C13H15F5N2O2/c1-7(19)6-10(21)20-11(13(16,17)18)8-4-2-3-5-9(8)22-12(14)15/h2-5,7,11-12H,6,19H2,1H3,(H,20,21). The van der Waals surface area contributed by atoms with E-state index in [2.05, 4.69) is 4.74 Å².